The zero-order valence-corrected chi connectivity index (χ0v) is 16.6. The molecule has 7 nitrogen and oxygen atoms in total. The fraction of sp³-hybridized carbons (Fsp3) is 0.368. The van der Waals surface area contributed by atoms with Gasteiger partial charge in [-0.1, -0.05) is 15.9 Å². The number of imidazole rings is 1. The molecule has 2 aromatic heterocycles. The van der Waals surface area contributed by atoms with Crippen molar-refractivity contribution in [2.75, 3.05) is 6.54 Å². The van der Waals surface area contributed by atoms with Crippen molar-refractivity contribution in [3.8, 4) is 17.1 Å². The molecule has 0 aliphatic carbocycles. The van der Waals surface area contributed by atoms with E-state index in [1.165, 1.54) is 0 Å². The van der Waals surface area contributed by atoms with Gasteiger partial charge in [-0.2, -0.15) is 5.10 Å². The third-order valence-corrected chi connectivity index (χ3v) is 5.80. The first-order valence-electron chi connectivity index (χ1n) is 9.15. The average Bonchev–Trinajstić information content (AvgIpc) is 3.18. The molecule has 0 spiro atoms. The summed E-state index contributed by atoms with van der Waals surface area (Å²) in [5.74, 6) is 1.72. The summed E-state index contributed by atoms with van der Waals surface area (Å²) in [5, 5.41) is 4.74. The van der Waals surface area contributed by atoms with Gasteiger partial charge in [-0.3, -0.25) is 4.79 Å². The van der Waals surface area contributed by atoms with Crippen LogP contribution in [0.25, 0.3) is 17.1 Å². The Labute approximate surface area is 165 Å². The van der Waals surface area contributed by atoms with Gasteiger partial charge in [0.05, 0.1) is 36.5 Å². The number of amides is 1. The van der Waals surface area contributed by atoms with Gasteiger partial charge in [0.15, 0.2) is 11.6 Å². The summed E-state index contributed by atoms with van der Waals surface area (Å²) in [4.78, 5) is 23.3. The molecule has 5 rings (SSSR count). The smallest absolute Gasteiger partial charge is 0.222 e. The number of rotatable bonds is 2. The summed E-state index contributed by atoms with van der Waals surface area (Å²) in [6, 6.07) is 6.16. The Hall–Kier alpha value is -2.48. The molecule has 1 fully saturated rings. The monoisotopic (exact) mass is 426 g/mol. The van der Waals surface area contributed by atoms with Gasteiger partial charge in [0.1, 0.15) is 0 Å². The number of carbonyl (C=O) groups excluding carboxylic acids is 1. The molecular formula is C19H19BrN6O. The van der Waals surface area contributed by atoms with E-state index < -0.39 is 0 Å². The van der Waals surface area contributed by atoms with Crippen LogP contribution in [0.2, 0.25) is 0 Å². The van der Waals surface area contributed by atoms with Crippen LogP contribution in [0.1, 0.15) is 36.5 Å². The van der Waals surface area contributed by atoms with Crippen LogP contribution in [0.15, 0.2) is 29.0 Å². The van der Waals surface area contributed by atoms with E-state index in [0.717, 1.165) is 52.3 Å². The molecule has 0 atom stereocenters. The molecule has 0 N–H and O–H groups in total. The fourth-order valence-electron chi connectivity index (χ4n) is 3.87. The number of halogens is 1. The number of hydrogen-bond acceptors (Lipinski definition) is 4. The molecule has 1 saturated heterocycles. The zero-order chi connectivity index (χ0) is 18.5. The minimum Gasteiger partial charge on any atom is -0.335 e. The predicted molar refractivity (Wildman–Crippen MR) is 103 cm³/mol. The molecular weight excluding hydrogens is 408 g/mol. The van der Waals surface area contributed by atoms with Crippen molar-refractivity contribution in [1.29, 1.82) is 0 Å². The van der Waals surface area contributed by atoms with Crippen molar-refractivity contribution < 1.29 is 4.79 Å². The third kappa shape index (κ3) is 2.79. The number of fused-ring (bicyclic) bond motifs is 5. The number of carbonyl (C=O) groups is 1. The maximum absolute atomic E-state index is 12.2. The number of nitrogens with zero attached hydrogens (tertiary/aromatic N) is 6. The average molecular weight is 427 g/mol. The highest BCUT2D eigenvalue weighted by atomic mass is 79.9. The molecule has 1 aromatic carbocycles. The normalized spacial score (nSPS) is 15.9. The van der Waals surface area contributed by atoms with E-state index in [1.54, 1.807) is 0 Å². The van der Waals surface area contributed by atoms with E-state index in [4.69, 9.17) is 10.1 Å². The van der Waals surface area contributed by atoms with E-state index in [2.05, 4.69) is 37.6 Å². The van der Waals surface area contributed by atoms with Crippen LogP contribution < -0.4 is 0 Å². The molecule has 2 aliphatic heterocycles. The topological polar surface area (TPSA) is 68.8 Å². The second-order valence-electron chi connectivity index (χ2n) is 7.09. The first-order valence-corrected chi connectivity index (χ1v) is 9.94. The van der Waals surface area contributed by atoms with Crippen molar-refractivity contribution in [1.82, 2.24) is 29.2 Å². The molecule has 4 heterocycles. The van der Waals surface area contributed by atoms with E-state index in [9.17, 15) is 4.79 Å². The van der Waals surface area contributed by atoms with Gasteiger partial charge in [-0.25, -0.2) is 14.6 Å². The minimum absolute atomic E-state index is 0.198. The highest BCUT2D eigenvalue weighted by Crippen LogP contribution is 2.33. The Morgan fingerprint density at radius 2 is 2.15 bits per heavy atom. The molecule has 0 saturated carbocycles. The largest absolute Gasteiger partial charge is 0.335 e. The molecule has 2 aliphatic rings. The van der Waals surface area contributed by atoms with Gasteiger partial charge in [-0.15, -0.1) is 0 Å². The number of benzene rings is 1. The highest BCUT2D eigenvalue weighted by Gasteiger charge is 2.26. The Morgan fingerprint density at radius 1 is 1.26 bits per heavy atom. The molecule has 8 heteroatoms. The van der Waals surface area contributed by atoms with Gasteiger partial charge in [0, 0.05) is 23.0 Å². The Balaban J connectivity index is 1.60. The number of piperidine rings is 1. The lowest BCUT2D eigenvalue weighted by molar-refractivity contribution is -0.134. The lowest BCUT2D eigenvalue weighted by Gasteiger charge is -2.25. The van der Waals surface area contributed by atoms with E-state index in [-0.39, 0.29) is 5.91 Å². The van der Waals surface area contributed by atoms with Crippen molar-refractivity contribution >= 4 is 21.8 Å². The van der Waals surface area contributed by atoms with Crippen LogP contribution >= 0.6 is 15.9 Å². The second kappa shape index (κ2) is 6.30. The van der Waals surface area contributed by atoms with E-state index in [1.807, 2.05) is 28.9 Å². The molecule has 0 bridgehead atoms. The summed E-state index contributed by atoms with van der Waals surface area (Å²) in [6.45, 7) is 3.88. The van der Waals surface area contributed by atoms with Crippen molar-refractivity contribution in [2.45, 2.75) is 39.3 Å². The highest BCUT2D eigenvalue weighted by molar-refractivity contribution is 9.10. The standard InChI is InChI=1S/C19H19BrN6O/c1-12-16-9-26-19(14-8-13(20)5-6-15(14)25(16)11-21-12)22-17(23-26)10-24-7-3-2-4-18(24)27/h5-6,8,11H,2-4,7,9-10H2,1H3. The zero-order valence-electron chi connectivity index (χ0n) is 15.0. The SMILES string of the molecule is Cc1ncn2c1Cn1nc(CN3CCCCC3=O)nc1-c1cc(Br)ccc1-2. The van der Waals surface area contributed by atoms with Crippen LogP contribution in [0.5, 0.6) is 0 Å². The van der Waals surface area contributed by atoms with Crippen LogP contribution in [0, 0.1) is 6.92 Å². The van der Waals surface area contributed by atoms with Crippen LogP contribution in [-0.4, -0.2) is 41.7 Å². The summed E-state index contributed by atoms with van der Waals surface area (Å²) in [5.41, 5.74) is 4.13. The quantitative estimate of drug-likeness (QED) is 0.493. The lowest BCUT2D eigenvalue weighted by Crippen LogP contribution is -2.35. The molecule has 1 amide bonds. The number of aromatic nitrogens is 5. The van der Waals surface area contributed by atoms with Crippen LogP contribution in [0.3, 0.4) is 0 Å². The van der Waals surface area contributed by atoms with E-state index >= 15 is 0 Å². The molecule has 27 heavy (non-hydrogen) atoms. The number of hydrogen-bond donors (Lipinski definition) is 0. The molecule has 0 unspecified atom stereocenters. The van der Waals surface area contributed by atoms with Crippen LogP contribution in [-0.2, 0) is 17.9 Å². The summed E-state index contributed by atoms with van der Waals surface area (Å²) in [7, 11) is 0. The minimum atomic E-state index is 0.198. The Bertz CT molecular complexity index is 1050. The molecule has 3 aromatic rings. The Morgan fingerprint density at radius 3 is 3.00 bits per heavy atom. The second-order valence-corrected chi connectivity index (χ2v) is 8.01. The lowest BCUT2D eigenvalue weighted by atomic mass is 10.1. The van der Waals surface area contributed by atoms with Crippen molar-refractivity contribution in [3.63, 3.8) is 0 Å². The van der Waals surface area contributed by atoms with Gasteiger partial charge >= 0.3 is 0 Å². The predicted octanol–water partition coefficient (Wildman–Crippen LogP) is 3.08. The van der Waals surface area contributed by atoms with Gasteiger partial charge < -0.3 is 9.47 Å². The Kier molecular flexibility index (Phi) is 3.89. The van der Waals surface area contributed by atoms with Crippen LogP contribution in [0.4, 0.5) is 0 Å². The van der Waals surface area contributed by atoms with E-state index in [0.29, 0.717) is 25.3 Å². The van der Waals surface area contributed by atoms with Crippen molar-refractivity contribution in [2.24, 2.45) is 0 Å². The first kappa shape index (κ1) is 16.7. The maximum atomic E-state index is 12.2. The van der Waals surface area contributed by atoms with Gasteiger partial charge in [0.25, 0.3) is 0 Å². The maximum Gasteiger partial charge on any atom is 0.222 e. The number of aryl methyl sites for hydroxylation is 1. The fourth-order valence-corrected chi connectivity index (χ4v) is 4.23. The molecule has 0 radical (unpaired) electrons. The van der Waals surface area contributed by atoms with Gasteiger partial charge in [0.2, 0.25) is 5.91 Å². The summed E-state index contributed by atoms with van der Waals surface area (Å²) in [6.07, 6.45) is 4.51. The van der Waals surface area contributed by atoms with Crippen molar-refractivity contribution in [3.05, 3.63) is 46.2 Å². The first-order chi connectivity index (χ1) is 13.1. The summed E-state index contributed by atoms with van der Waals surface area (Å²) >= 11 is 3.57. The number of likely N-dealkylation sites (tertiary alicyclic amines) is 1. The third-order valence-electron chi connectivity index (χ3n) is 5.30. The van der Waals surface area contributed by atoms with Gasteiger partial charge in [-0.05, 0) is 38.0 Å². The summed E-state index contributed by atoms with van der Waals surface area (Å²) < 4.78 is 5.04. The molecule has 138 valence electrons.